The van der Waals surface area contributed by atoms with Gasteiger partial charge in [-0.25, -0.2) is 14.8 Å². The lowest BCUT2D eigenvalue weighted by Crippen LogP contribution is -2.20. The van der Waals surface area contributed by atoms with E-state index in [0.717, 1.165) is 34.6 Å². The topological polar surface area (TPSA) is 91.5 Å². The van der Waals surface area contributed by atoms with Gasteiger partial charge in [0.25, 0.3) is 5.56 Å². The second-order valence-electron chi connectivity index (χ2n) is 5.90. The van der Waals surface area contributed by atoms with Crippen molar-refractivity contribution in [3.8, 4) is 0 Å². The quantitative estimate of drug-likeness (QED) is 0.722. The van der Waals surface area contributed by atoms with E-state index in [2.05, 4.69) is 15.0 Å². The van der Waals surface area contributed by atoms with E-state index in [1.807, 2.05) is 6.92 Å². The Morgan fingerprint density at radius 2 is 1.86 bits per heavy atom. The molecule has 4 rings (SSSR count). The van der Waals surface area contributed by atoms with Gasteiger partial charge >= 0.3 is 5.69 Å². The largest absolute Gasteiger partial charge is 0.326 e. The number of thiophene rings is 1. The number of rotatable bonds is 1. The summed E-state index contributed by atoms with van der Waals surface area (Å²) in [7, 11) is 0. The molecular weight excluding hydrogens is 300 g/mol. The lowest BCUT2D eigenvalue weighted by atomic mass is 9.88. The number of H-pyrrole nitrogens is 2. The Morgan fingerprint density at radius 1 is 1.09 bits per heavy atom. The van der Waals surface area contributed by atoms with Crippen LogP contribution in [0.3, 0.4) is 0 Å². The summed E-state index contributed by atoms with van der Waals surface area (Å²) in [4.78, 5) is 38.6. The molecule has 1 aliphatic carbocycles. The Bertz CT molecular complexity index is 979. The van der Waals surface area contributed by atoms with Gasteiger partial charge in [0.2, 0.25) is 0 Å². The molecule has 0 unspecified atom stereocenters. The zero-order chi connectivity index (χ0) is 15.3. The number of aromatic amines is 2. The molecule has 1 fully saturated rings. The number of aryl methyl sites for hydroxylation is 1. The summed E-state index contributed by atoms with van der Waals surface area (Å²) < 4.78 is 0.507. The minimum absolute atomic E-state index is 0.361. The predicted octanol–water partition coefficient (Wildman–Crippen LogP) is 2.58. The fourth-order valence-electron chi connectivity index (χ4n) is 3.32. The monoisotopic (exact) mass is 316 g/mol. The third kappa shape index (κ3) is 2.08. The molecule has 0 aromatic carbocycles. The molecule has 0 amide bonds. The van der Waals surface area contributed by atoms with Crippen LogP contribution in [0.2, 0.25) is 0 Å². The Hall–Kier alpha value is -2.02. The van der Waals surface area contributed by atoms with E-state index >= 15 is 0 Å². The second-order valence-corrected chi connectivity index (χ2v) is 6.90. The fraction of sp³-hybridized carbons (Fsp3) is 0.467. The highest BCUT2D eigenvalue weighted by Crippen LogP contribution is 2.35. The van der Waals surface area contributed by atoms with Gasteiger partial charge in [0.05, 0.1) is 16.6 Å². The summed E-state index contributed by atoms with van der Waals surface area (Å²) in [5.41, 5.74) is 0.535. The number of fused-ring (bicyclic) bond motifs is 3. The van der Waals surface area contributed by atoms with Crippen LogP contribution in [0.4, 0.5) is 0 Å². The molecule has 0 atom stereocenters. The first-order chi connectivity index (χ1) is 10.6. The van der Waals surface area contributed by atoms with Gasteiger partial charge in [-0.1, -0.05) is 19.3 Å². The summed E-state index contributed by atoms with van der Waals surface area (Å²) in [5, 5.41) is 0.794. The first-order valence-corrected chi connectivity index (χ1v) is 8.38. The van der Waals surface area contributed by atoms with Gasteiger partial charge in [0, 0.05) is 5.92 Å². The lowest BCUT2D eigenvalue weighted by Gasteiger charge is -2.20. The summed E-state index contributed by atoms with van der Waals surface area (Å²) in [6.45, 7) is 1.92. The summed E-state index contributed by atoms with van der Waals surface area (Å²) in [5.74, 6) is 1.30. The average Bonchev–Trinajstić information content (AvgIpc) is 2.87. The predicted molar refractivity (Wildman–Crippen MR) is 86.7 cm³/mol. The third-order valence-corrected chi connectivity index (χ3v) is 5.47. The van der Waals surface area contributed by atoms with E-state index in [0.29, 0.717) is 16.1 Å². The average molecular weight is 316 g/mol. The van der Waals surface area contributed by atoms with Gasteiger partial charge in [-0.3, -0.25) is 9.78 Å². The molecule has 22 heavy (non-hydrogen) atoms. The molecule has 0 spiro atoms. The number of hydrogen-bond acceptors (Lipinski definition) is 5. The number of nitrogens with one attached hydrogen (secondary N) is 2. The number of nitrogens with zero attached hydrogens (tertiary/aromatic N) is 2. The van der Waals surface area contributed by atoms with Crippen LogP contribution in [0.25, 0.3) is 20.4 Å². The maximum Gasteiger partial charge on any atom is 0.326 e. The van der Waals surface area contributed by atoms with Crippen molar-refractivity contribution in [2.75, 3.05) is 0 Å². The van der Waals surface area contributed by atoms with Crippen LogP contribution in [0, 0.1) is 6.92 Å². The van der Waals surface area contributed by atoms with Crippen molar-refractivity contribution in [2.24, 2.45) is 0 Å². The Labute approximate surface area is 129 Å². The molecule has 3 aromatic heterocycles. The first kappa shape index (κ1) is 13.6. The molecule has 114 valence electrons. The third-order valence-electron chi connectivity index (χ3n) is 4.39. The normalized spacial score (nSPS) is 16.6. The van der Waals surface area contributed by atoms with Gasteiger partial charge in [0.1, 0.15) is 15.4 Å². The van der Waals surface area contributed by atoms with Crippen molar-refractivity contribution in [3.63, 3.8) is 0 Å². The summed E-state index contributed by atoms with van der Waals surface area (Å²) in [6, 6.07) is 0. The molecule has 2 N–H and O–H groups in total. The van der Waals surface area contributed by atoms with Gasteiger partial charge < -0.3 is 4.98 Å². The van der Waals surface area contributed by atoms with Crippen molar-refractivity contribution < 1.29 is 0 Å². The lowest BCUT2D eigenvalue weighted by molar-refractivity contribution is 0.429. The van der Waals surface area contributed by atoms with Crippen LogP contribution in [0.15, 0.2) is 9.59 Å². The molecule has 0 saturated heterocycles. The van der Waals surface area contributed by atoms with Crippen LogP contribution in [-0.2, 0) is 0 Å². The van der Waals surface area contributed by atoms with E-state index in [4.69, 9.17) is 4.98 Å². The van der Waals surface area contributed by atoms with E-state index in [9.17, 15) is 9.59 Å². The van der Waals surface area contributed by atoms with Crippen molar-refractivity contribution >= 4 is 31.8 Å². The highest BCUT2D eigenvalue weighted by molar-refractivity contribution is 7.25. The van der Waals surface area contributed by atoms with Crippen LogP contribution >= 0.6 is 11.3 Å². The molecule has 3 aromatic rings. The van der Waals surface area contributed by atoms with Crippen molar-refractivity contribution in [2.45, 2.75) is 44.9 Å². The van der Waals surface area contributed by atoms with E-state index in [1.165, 1.54) is 30.6 Å². The Kier molecular flexibility index (Phi) is 3.11. The molecule has 1 saturated carbocycles. The molecule has 3 heterocycles. The van der Waals surface area contributed by atoms with Crippen LogP contribution in [0.5, 0.6) is 0 Å². The SMILES string of the molecule is Cc1nc(C2CCCCC2)nc2sc3c(=O)[nH]c(=O)[nH]c3c12. The van der Waals surface area contributed by atoms with E-state index in [1.54, 1.807) is 0 Å². The maximum atomic E-state index is 12.0. The molecule has 0 aliphatic heterocycles. The minimum Gasteiger partial charge on any atom is -0.305 e. The fourth-order valence-corrected chi connectivity index (χ4v) is 4.40. The first-order valence-electron chi connectivity index (χ1n) is 7.57. The number of aromatic nitrogens is 4. The number of hydrogen-bond donors (Lipinski definition) is 2. The molecule has 0 radical (unpaired) electrons. The summed E-state index contributed by atoms with van der Waals surface area (Å²) >= 11 is 1.32. The Morgan fingerprint density at radius 3 is 2.64 bits per heavy atom. The van der Waals surface area contributed by atoms with Gasteiger partial charge in [-0.05, 0) is 19.8 Å². The van der Waals surface area contributed by atoms with E-state index in [-0.39, 0.29) is 5.56 Å². The molecular formula is C15H16N4O2S. The van der Waals surface area contributed by atoms with Crippen molar-refractivity contribution in [1.82, 2.24) is 19.9 Å². The zero-order valence-corrected chi connectivity index (χ0v) is 13.0. The van der Waals surface area contributed by atoms with Gasteiger partial charge in [0.15, 0.2) is 0 Å². The maximum absolute atomic E-state index is 12.0. The molecule has 1 aliphatic rings. The molecule has 0 bridgehead atoms. The highest BCUT2D eigenvalue weighted by atomic mass is 32.1. The van der Waals surface area contributed by atoms with Gasteiger partial charge in [-0.2, -0.15) is 0 Å². The van der Waals surface area contributed by atoms with Crippen molar-refractivity contribution in [1.29, 1.82) is 0 Å². The minimum atomic E-state index is -0.493. The zero-order valence-electron chi connectivity index (χ0n) is 12.2. The van der Waals surface area contributed by atoms with Crippen molar-refractivity contribution in [3.05, 3.63) is 32.4 Å². The Balaban J connectivity index is 1.98. The molecule has 7 heteroatoms. The van der Waals surface area contributed by atoms with Crippen LogP contribution in [-0.4, -0.2) is 19.9 Å². The highest BCUT2D eigenvalue weighted by Gasteiger charge is 2.21. The second kappa shape index (κ2) is 5.01. The van der Waals surface area contributed by atoms with E-state index < -0.39 is 5.69 Å². The van der Waals surface area contributed by atoms with Crippen LogP contribution in [0.1, 0.15) is 49.5 Å². The molecule has 6 nitrogen and oxygen atoms in total. The standard InChI is InChI=1S/C15H16N4O2S/c1-7-9-10-11(13(20)19-15(21)17-10)22-14(9)18-12(16-7)8-5-3-2-4-6-8/h8H,2-6H2,1H3,(H2,17,19,20,21). The summed E-state index contributed by atoms with van der Waals surface area (Å²) in [6.07, 6.45) is 6.01. The smallest absolute Gasteiger partial charge is 0.305 e. The van der Waals surface area contributed by atoms with Gasteiger partial charge in [-0.15, -0.1) is 11.3 Å². The van der Waals surface area contributed by atoms with Crippen LogP contribution < -0.4 is 11.2 Å².